The lowest BCUT2D eigenvalue weighted by Gasteiger charge is -2.28. The van der Waals surface area contributed by atoms with Crippen LogP contribution in [0.15, 0.2) is 0 Å². The maximum Gasteiger partial charge on any atom is 0.308 e. The molecule has 0 aromatic heterocycles. The lowest BCUT2D eigenvalue weighted by Crippen LogP contribution is -2.44. The van der Waals surface area contributed by atoms with E-state index in [2.05, 4.69) is 0 Å². The fourth-order valence-electron chi connectivity index (χ4n) is 1.22. The van der Waals surface area contributed by atoms with Gasteiger partial charge in [-0.3, -0.25) is 9.59 Å². The lowest BCUT2D eigenvalue weighted by molar-refractivity contribution is -0.873. The molecule has 0 spiro atoms. The molecule has 1 unspecified atom stereocenters. The molecule has 0 heterocycles. The SMILES string of the molecule is [2H]C([2H])([2H])C(C)C(=O)O[C@H](CC(=O)O)C[N+](C)(C)C. The molecule has 2 atom stereocenters. The van der Waals surface area contributed by atoms with Crippen molar-refractivity contribution in [3.63, 3.8) is 0 Å². The molecule has 5 nitrogen and oxygen atoms in total. The number of carbonyl (C=O) groups is 2. The summed E-state index contributed by atoms with van der Waals surface area (Å²) in [4.78, 5) is 22.4. The van der Waals surface area contributed by atoms with E-state index in [-0.39, 0.29) is 6.42 Å². The van der Waals surface area contributed by atoms with Crippen molar-refractivity contribution in [2.45, 2.75) is 26.3 Å². The Hall–Kier alpha value is -1.10. The summed E-state index contributed by atoms with van der Waals surface area (Å²) in [6.45, 7) is -0.897. The number of likely N-dealkylation sites (N-methyl/N-ethyl adjacent to an activating group) is 1. The molecule has 0 amide bonds. The Bertz CT molecular complexity index is 336. The largest absolute Gasteiger partial charge is 0.481 e. The number of ether oxygens (including phenoxy) is 1. The summed E-state index contributed by atoms with van der Waals surface area (Å²) in [5, 5.41) is 8.78. The van der Waals surface area contributed by atoms with Gasteiger partial charge in [0.15, 0.2) is 6.10 Å². The fourth-order valence-corrected chi connectivity index (χ4v) is 1.22. The smallest absolute Gasteiger partial charge is 0.308 e. The van der Waals surface area contributed by atoms with E-state index in [0.717, 1.165) is 0 Å². The van der Waals surface area contributed by atoms with Gasteiger partial charge in [0.2, 0.25) is 0 Å². The number of rotatable bonds is 6. The Labute approximate surface area is 101 Å². The number of aliphatic carboxylic acids is 1. The Morgan fingerprint density at radius 2 is 2.00 bits per heavy atom. The van der Waals surface area contributed by atoms with Gasteiger partial charge in [-0.25, -0.2) is 0 Å². The van der Waals surface area contributed by atoms with Gasteiger partial charge in [0.1, 0.15) is 6.54 Å². The van der Waals surface area contributed by atoms with Crippen molar-refractivity contribution in [2.75, 3.05) is 27.7 Å². The van der Waals surface area contributed by atoms with Crippen LogP contribution in [0.2, 0.25) is 0 Å². The number of carbonyl (C=O) groups excluding carboxylic acids is 1. The Morgan fingerprint density at radius 3 is 2.38 bits per heavy atom. The summed E-state index contributed by atoms with van der Waals surface area (Å²) in [7, 11) is 5.49. The third-order valence-corrected chi connectivity index (χ3v) is 1.79. The van der Waals surface area contributed by atoms with Crippen LogP contribution in [0.4, 0.5) is 0 Å². The summed E-state index contributed by atoms with van der Waals surface area (Å²) >= 11 is 0. The van der Waals surface area contributed by atoms with Gasteiger partial charge in [-0.1, -0.05) is 13.8 Å². The van der Waals surface area contributed by atoms with E-state index in [1.54, 1.807) is 0 Å². The molecule has 94 valence electrons. The second-order valence-corrected chi connectivity index (χ2v) is 4.85. The van der Waals surface area contributed by atoms with Crippen LogP contribution < -0.4 is 0 Å². The van der Waals surface area contributed by atoms with Crippen molar-refractivity contribution >= 4 is 11.9 Å². The van der Waals surface area contributed by atoms with Crippen LogP contribution in [0.3, 0.4) is 0 Å². The highest BCUT2D eigenvalue weighted by atomic mass is 16.5. The predicted octanol–water partition coefficient (Wildman–Crippen LogP) is 0.735. The average Bonchev–Trinajstić information content (AvgIpc) is 2.10. The summed E-state index contributed by atoms with van der Waals surface area (Å²) in [5.74, 6) is -3.25. The van der Waals surface area contributed by atoms with Crippen LogP contribution in [0.25, 0.3) is 0 Å². The van der Waals surface area contributed by atoms with E-state index in [1.165, 1.54) is 6.92 Å². The van der Waals surface area contributed by atoms with E-state index >= 15 is 0 Å². The molecule has 0 aliphatic carbocycles. The molecule has 0 fully saturated rings. The standard InChI is InChI=1S/C11H21NO4/c1-8(2)11(15)16-9(6-10(13)14)7-12(3,4)5/h8-9H,6-7H2,1-5H3/p+1/t9-/m1/s1/i1D3/t8?,9-. The molecular formula is C11H22NO4+. The number of carboxylic acids is 1. The quantitative estimate of drug-likeness (QED) is 0.544. The van der Waals surface area contributed by atoms with Gasteiger partial charge >= 0.3 is 11.9 Å². The zero-order valence-corrected chi connectivity index (χ0v) is 10.2. The second-order valence-electron chi connectivity index (χ2n) is 4.85. The van der Waals surface area contributed by atoms with Crippen LogP contribution in [0.5, 0.6) is 0 Å². The van der Waals surface area contributed by atoms with E-state index in [9.17, 15) is 9.59 Å². The predicted molar refractivity (Wildman–Crippen MR) is 59.9 cm³/mol. The second kappa shape index (κ2) is 5.84. The highest BCUT2D eigenvalue weighted by molar-refractivity contribution is 5.73. The number of esters is 1. The van der Waals surface area contributed by atoms with Crippen molar-refractivity contribution in [1.82, 2.24) is 0 Å². The molecule has 0 radical (unpaired) electrons. The molecule has 0 aromatic carbocycles. The molecule has 0 aliphatic heterocycles. The molecule has 0 saturated carbocycles. The van der Waals surface area contributed by atoms with Crippen LogP contribution in [-0.2, 0) is 14.3 Å². The molecule has 1 N–H and O–H groups in total. The summed E-state index contributed by atoms with van der Waals surface area (Å²) in [6, 6.07) is 0. The Morgan fingerprint density at radius 1 is 1.44 bits per heavy atom. The molecular weight excluding hydrogens is 210 g/mol. The van der Waals surface area contributed by atoms with E-state index < -0.39 is 30.8 Å². The first kappa shape index (κ1) is 10.1. The van der Waals surface area contributed by atoms with Gasteiger partial charge in [-0.05, 0) is 0 Å². The summed E-state index contributed by atoms with van der Waals surface area (Å²) in [6.07, 6.45) is -1.18. The zero-order valence-electron chi connectivity index (χ0n) is 13.2. The summed E-state index contributed by atoms with van der Waals surface area (Å²) in [5.41, 5.74) is 0. The molecule has 0 bridgehead atoms. The van der Waals surface area contributed by atoms with Crippen molar-refractivity contribution in [3.8, 4) is 0 Å². The van der Waals surface area contributed by atoms with Gasteiger partial charge in [0, 0.05) is 4.11 Å². The zero-order chi connectivity index (χ0) is 15.4. The van der Waals surface area contributed by atoms with E-state index in [4.69, 9.17) is 14.0 Å². The fraction of sp³-hybridized carbons (Fsp3) is 0.818. The Kier molecular flexibility index (Phi) is 3.68. The maximum atomic E-state index is 11.7. The number of quaternary nitrogens is 1. The first-order valence-corrected chi connectivity index (χ1v) is 5.05. The van der Waals surface area contributed by atoms with Gasteiger partial charge < -0.3 is 14.3 Å². The normalized spacial score (nSPS) is 18.9. The molecule has 0 rings (SSSR count). The molecule has 0 saturated heterocycles. The Balaban J connectivity index is 4.73. The number of hydrogen-bond donors (Lipinski definition) is 1. The summed E-state index contributed by atoms with van der Waals surface area (Å²) < 4.78 is 26.9. The maximum absolute atomic E-state index is 11.7. The van der Waals surface area contributed by atoms with Gasteiger partial charge in [0.25, 0.3) is 0 Å². The molecule has 5 heteroatoms. The minimum Gasteiger partial charge on any atom is -0.481 e. The molecule has 16 heavy (non-hydrogen) atoms. The molecule has 0 aromatic rings. The van der Waals surface area contributed by atoms with Crippen LogP contribution in [0, 0.1) is 5.92 Å². The van der Waals surface area contributed by atoms with Gasteiger partial charge in [0.05, 0.1) is 33.5 Å². The van der Waals surface area contributed by atoms with Crippen LogP contribution in [-0.4, -0.2) is 55.3 Å². The van der Waals surface area contributed by atoms with E-state index in [1.807, 2.05) is 21.1 Å². The minimum atomic E-state index is -2.44. The topological polar surface area (TPSA) is 63.6 Å². The first-order valence-electron chi connectivity index (χ1n) is 6.55. The monoisotopic (exact) mass is 235 g/mol. The van der Waals surface area contributed by atoms with Gasteiger partial charge in [-0.2, -0.15) is 0 Å². The van der Waals surface area contributed by atoms with Crippen molar-refractivity contribution in [3.05, 3.63) is 0 Å². The number of nitrogens with zero attached hydrogens (tertiary/aromatic N) is 1. The van der Waals surface area contributed by atoms with E-state index in [0.29, 0.717) is 11.0 Å². The number of carboxylic acid groups (broad SMARTS) is 1. The first-order chi connectivity index (χ1) is 8.33. The highest BCUT2D eigenvalue weighted by Gasteiger charge is 2.25. The van der Waals surface area contributed by atoms with Crippen molar-refractivity contribution in [1.29, 1.82) is 0 Å². The average molecular weight is 235 g/mol. The van der Waals surface area contributed by atoms with Gasteiger partial charge in [-0.15, -0.1) is 0 Å². The molecule has 0 aliphatic rings. The van der Waals surface area contributed by atoms with Crippen LogP contribution in [0.1, 0.15) is 24.3 Å². The van der Waals surface area contributed by atoms with Crippen molar-refractivity contribution in [2.24, 2.45) is 5.92 Å². The third kappa shape index (κ3) is 7.23. The lowest BCUT2D eigenvalue weighted by atomic mass is 10.2. The van der Waals surface area contributed by atoms with Crippen LogP contribution >= 0.6 is 0 Å². The number of hydrogen-bond acceptors (Lipinski definition) is 3. The highest BCUT2D eigenvalue weighted by Crippen LogP contribution is 2.08. The third-order valence-electron chi connectivity index (χ3n) is 1.79. The minimum absolute atomic E-state index is 0.297. The van der Waals surface area contributed by atoms with Crippen molar-refractivity contribution < 1.29 is 28.0 Å².